The fourth-order valence-corrected chi connectivity index (χ4v) is 7.75. The third-order valence-electron chi connectivity index (χ3n) is 9.64. The largest absolute Gasteiger partial charge is 0.274 e. The highest BCUT2D eigenvalue weighted by atomic mass is 16.6. The zero-order valence-corrected chi connectivity index (χ0v) is 24.8. The smallest absolute Gasteiger partial charge is 0.269 e. The molecule has 8 rings (SSSR count). The number of hydrogen-bond acceptors (Lipinski definition) is 10. The van der Waals surface area contributed by atoms with E-state index < -0.39 is 69.5 Å². The van der Waals surface area contributed by atoms with Gasteiger partial charge in [-0.15, -0.1) is 0 Å². The molecule has 0 bridgehead atoms. The summed E-state index contributed by atoms with van der Waals surface area (Å²) in [7, 11) is 0. The summed E-state index contributed by atoms with van der Waals surface area (Å²) in [6, 6.07) is 24.4. The second-order valence-corrected chi connectivity index (χ2v) is 12.0. The Morgan fingerprint density at radius 1 is 0.438 bits per heavy atom. The number of rotatable bonds is 6. The van der Waals surface area contributed by atoms with Gasteiger partial charge in [-0.1, -0.05) is 60.7 Å². The van der Waals surface area contributed by atoms with Gasteiger partial charge in [-0.25, -0.2) is 19.8 Å². The van der Waals surface area contributed by atoms with E-state index in [0.29, 0.717) is 11.1 Å². The molecule has 48 heavy (non-hydrogen) atoms. The number of amides is 4. The van der Waals surface area contributed by atoms with E-state index in [1.807, 2.05) is 0 Å². The molecule has 4 aliphatic heterocycles. The van der Waals surface area contributed by atoms with Gasteiger partial charge in [0.1, 0.15) is 12.1 Å². The first-order valence-corrected chi connectivity index (χ1v) is 15.1. The molecule has 6 atom stereocenters. The van der Waals surface area contributed by atoms with E-state index in [2.05, 4.69) is 0 Å². The first-order valence-electron chi connectivity index (χ1n) is 15.1. The number of imide groups is 2. The number of fused-ring (bicyclic) bond motifs is 5. The minimum absolute atomic E-state index is 0.176. The fourth-order valence-electron chi connectivity index (χ4n) is 7.75. The molecule has 0 spiro atoms. The van der Waals surface area contributed by atoms with E-state index >= 15 is 0 Å². The summed E-state index contributed by atoms with van der Waals surface area (Å²) in [6.07, 6.45) is 0. The van der Waals surface area contributed by atoms with Gasteiger partial charge in [-0.2, -0.15) is 0 Å². The normalized spacial score (nSPS) is 26.6. The topological polar surface area (TPSA) is 168 Å². The van der Waals surface area contributed by atoms with Gasteiger partial charge in [-0.05, 0) is 35.4 Å². The maximum absolute atomic E-state index is 14.4. The molecular weight excluding hydrogens is 620 g/mol. The van der Waals surface area contributed by atoms with E-state index in [0.717, 1.165) is 9.80 Å². The molecule has 4 aromatic carbocycles. The van der Waals surface area contributed by atoms with Gasteiger partial charge in [0, 0.05) is 24.3 Å². The van der Waals surface area contributed by atoms with Gasteiger partial charge in [0.2, 0.25) is 11.8 Å². The Morgan fingerprint density at radius 3 is 1.08 bits per heavy atom. The SMILES string of the molecule is O=C1[C@@H]2[C@H](C(=O)N1c1ccc([N+](=O)[O-])cc1)N1[C@H](c3ccccc3)[C@@H]3C(=O)N(c4ccc([N+](=O)[O-])cc4)C(=O)[C@@H]3N1[C@H]2c1ccccc1. The highest BCUT2D eigenvalue weighted by Crippen LogP contribution is 2.59. The van der Waals surface area contributed by atoms with Crippen molar-refractivity contribution in [1.82, 2.24) is 10.0 Å². The first kappa shape index (κ1) is 29.3. The van der Waals surface area contributed by atoms with Gasteiger partial charge < -0.3 is 0 Å². The van der Waals surface area contributed by atoms with Crippen molar-refractivity contribution >= 4 is 46.4 Å². The van der Waals surface area contributed by atoms with E-state index in [9.17, 15) is 39.4 Å². The molecule has 0 radical (unpaired) electrons. The monoisotopic (exact) mass is 644 g/mol. The zero-order chi connectivity index (χ0) is 33.4. The fraction of sp³-hybridized carbons (Fsp3) is 0.176. The van der Waals surface area contributed by atoms with Gasteiger partial charge >= 0.3 is 0 Å². The number of hydrogen-bond donors (Lipinski definition) is 0. The third kappa shape index (κ3) is 4.06. The standard InChI is InChI=1S/C34H24N6O8/c41-31-25-27(19-7-3-1-4-8-19)37-30-26(32(42)36(34(30)44)22-13-17-24(18-14-22)40(47)48)28(20-9-5-2-6-10-20)38(37)29(25)33(43)35(31)21-11-15-23(16-12-21)39(45)46/h1-18,25-30H/t25-,26-,27-,28+,29+,30+/m0/s1. The molecule has 4 aliphatic rings. The van der Waals surface area contributed by atoms with Gasteiger partial charge in [-0.3, -0.25) is 39.4 Å². The predicted octanol–water partition coefficient (Wildman–Crippen LogP) is 3.95. The van der Waals surface area contributed by atoms with Crippen molar-refractivity contribution in [1.29, 1.82) is 0 Å². The number of nitro benzene ring substituents is 2. The molecule has 4 amide bonds. The predicted molar refractivity (Wildman–Crippen MR) is 168 cm³/mol. The van der Waals surface area contributed by atoms with Crippen LogP contribution in [0.4, 0.5) is 22.7 Å². The quantitative estimate of drug-likeness (QED) is 0.170. The molecule has 14 heteroatoms. The van der Waals surface area contributed by atoms with Crippen LogP contribution in [0.2, 0.25) is 0 Å². The summed E-state index contributed by atoms with van der Waals surface area (Å²) in [5, 5.41) is 26.0. The highest BCUT2D eigenvalue weighted by molar-refractivity contribution is 6.26. The number of nitro groups is 2. The van der Waals surface area contributed by atoms with E-state index in [4.69, 9.17) is 0 Å². The lowest BCUT2D eigenvalue weighted by Gasteiger charge is -2.35. The van der Waals surface area contributed by atoms with Crippen molar-refractivity contribution in [2.75, 3.05) is 9.80 Å². The van der Waals surface area contributed by atoms with Crippen LogP contribution >= 0.6 is 0 Å². The van der Waals surface area contributed by atoms with Crippen molar-refractivity contribution in [2.24, 2.45) is 11.8 Å². The number of non-ortho nitro benzene ring substituents is 2. The van der Waals surface area contributed by atoms with Crippen LogP contribution in [0.3, 0.4) is 0 Å². The molecule has 14 nitrogen and oxygen atoms in total. The number of nitrogens with zero attached hydrogens (tertiary/aromatic N) is 6. The van der Waals surface area contributed by atoms with Crippen LogP contribution in [0.25, 0.3) is 0 Å². The maximum Gasteiger partial charge on any atom is 0.269 e. The second kappa shape index (κ2) is 10.7. The first-order chi connectivity index (χ1) is 23.2. The van der Waals surface area contributed by atoms with Crippen LogP contribution in [0, 0.1) is 32.1 Å². The number of anilines is 2. The summed E-state index contributed by atoms with van der Waals surface area (Å²) in [5.74, 6) is -4.19. The Bertz CT molecular complexity index is 1880. The lowest BCUT2D eigenvalue weighted by Crippen LogP contribution is -2.50. The molecule has 4 heterocycles. The Labute approximate surface area is 271 Å². The summed E-state index contributed by atoms with van der Waals surface area (Å²) in [5.41, 5.74) is 1.27. The molecular formula is C34H24N6O8. The average Bonchev–Trinajstić information content (AvgIpc) is 3.77. The van der Waals surface area contributed by atoms with E-state index in [1.54, 1.807) is 70.7 Å². The zero-order valence-electron chi connectivity index (χ0n) is 24.8. The molecule has 4 fully saturated rings. The second-order valence-electron chi connectivity index (χ2n) is 12.0. The molecule has 0 N–H and O–H groups in total. The summed E-state index contributed by atoms with van der Waals surface area (Å²) >= 11 is 0. The molecule has 4 saturated heterocycles. The van der Waals surface area contributed by atoms with Crippen LogP contribution in [-0.4, -0.2) is 55.6 Å². The van der Waals surface area contributed by atoms with Gasteiger partial charge in [0.05, 0.1) is 45.1 Å². The molecule has 0 unspecified atom stereocenters. The van der Waals surface area contributed by atoms with Crippen molar-refractivity contribution in [3.05, 3.63) is 141 Å². The number of carbonyl (C=O) groups excluding carboxylic acids is 4. The summed E-state index contributed by atoms with van der Waals surface area (Å²) in [4.78, 5) is 81.1. The summed E-state index contributed by atoms with van der Waals surface area (Å²) < 4.78 is 0. The Balaban J connectivity index is 1.28. The van der Waals surface area contributed by atoms with E-state index in [1.165, 1.54) is 48.5 Å². The Kier molecular flexibility index (Phi) is 6.54. The minimum Gasteiger partial charge on any atom is -0.274 e. The van der Waals surface area contributed by atoms with Crippen LogP contribution in [0.15, 0.2) is 109 Å². The lowest BCUT2D eigenvalue weighted by molar-refractivity contribution is -0.385. The van der Waals surface area contributed by atoms with Crippen LogP contribution < -0.4 is 9.80 Å². The molecule has 0 aromatic heterocycles. The van der Waals surface area contributed by atoms with Crippen LogP contribution in [0.5, 0.6) is 0 Å². The van der Waals surface area contributed by atoms with Crippen molar-refractivity contribution in [2.45, 2.75) is 24.2 Å². The van der Waals surface area contributed by atoms with Crippen molar-refractivity contribution in [3.8, 4) is 0 Å². The third-order valence-corrected chi connectivity index (χ3v) is 9.64. The van der Waals surface area contributed by atoms with Crippen molar-refractivity contribution in [3.63, 3.8) is 0 Å². The molecule has 238 valence electrons. The number of benzene rings is 4. The number of hydrazine groups is 1. The summed E-state index contributed by atoms with van der Waals surface area (Å²) in [6.45, 7) is 0. The van der Waals surface area contributed by atoms with Gasteiger partial charge in [0.25, 0.3) is 23.2 Å². The van der Waals surface area contributed by atoms with Crippen LogP contribution in [0.1, 0.15) is 23.2 Å². The average molecular weight is 645 g/mol. The molecule has 0 saturated carbocycles. The lowest BCUT2D eigenvalue weighted by atomic mass is 9.84. The van der Waals surface area contributed by atoms with Crippen molar-refractivity contribution < 1.29 is 29.0 Å². The molecule has 0 aliphatic carbocycles. The maximum atomic E-state index is 14.4. The Morgan fingerprint density at radius 2 is 0.771 bits per heavy atom. The highest BCUT2D eigenvalue weighted by Gasteiger charge is 2.73. The molecule has 4 aromatic rings. The van der Waals surface area contributed by atoms with Gasteiger partial charge in [0.15, 0.2) is 0 Å². The Hall–Kier alpha value is -6.12. The van der Waals surface area contributed by atoms with Crippen LogP contribution in [-0.2, 0) is 19.2 Å². The van der Waals surface area contributed by atoms with E-state index in [-0.39, 0.29) is 22.7 Å². The number of carbonyl (C=O) groups is 4. The minimum atomic E-state index is -1.10.